The van der Waals surface area contributed by atoms with Gasteiger partial charge in [0.05, 0.1) is 13.3 Å². The van der Waals surface area contributed by atoms with Crippen molar-refractivity contribution in [2.75, 3.05) is 7.11 Å². The van der Waals surface area contributed by atoms with Crippen LogP contribution in [-0.2, 0) is 19.4 Å². The Balaban J connectivity index is 1.97. The van der Waals surface area contributed by atoms with Crippen LogP contribution in [0.15, 0.2) is 24.4 Å². The number of methoxy groups -OCH3 is 1. The first-order chi connectivity index (χ1) is 10.2. The number of benzene rings is 1. The van der Waals surface area contributed by atoms with Crippen molar-refractivity contribution in [2.24, 2.45) is 0 Å². The van der Waals surface area contributed by atoms with Gasteiger partial charge in [-0.3, -0.25) is 4.68 Å². The average molecular weight is 286 g/mol. The van der Waals surface area contributed by atoms with Gasteiger partial charge in [0.1, 0.15) is 11.8 Å². The highest BCUT2D eigenvalue weighted by Gasteiger charge is 2.22. The molecule has 1 heterocycles. The number of aliphatic hydroxyl groups is 1. The molecule has 0 bridgehead atoms. The van der Waals surface area contributed by atoms with E-state index < -0.39 is 6.10 Å². The summed E-state index contributed by atoms with van der Waals surface area (Å²) in [4.78, 5) is 0. The molecule has 1 unspecified atom stereocenters. The third-order valence-electron chi connectivity index (χ3n) is 4.20. The van der Waals surface area contributed by atoms with E-state index in [1.165, 1.54) is 17.5 Å². The number of nitrogens with zero attached hydrogens (tertiary/aromatic N) is 2. The Morgan fingerprint density at radius 2 is 2.14 bits per heavy atom. The van der Waals surface area contributed by atoms with E-state index in [1.54, 1.807) is 13.3 Å². The van der Waals surface area contributed by atoms with E-state index in [-0.39, 0.29) is 0 Å². The zero-order chi connectivity index (χ0) is 14.8. The summed E-state index contributed by atoms with van der Waals surface area (Å²) in [5.41, 5.74) is 4.45. The van der Waals surface area contributed by atoms with Crippen LogP contribution in [0.5, 0.6) is 5.75 Å². The normalized spacial score (nSPS) is 15.0. The summed E-state index contributed by atoms with van der Waals surface area (Å²) in [6.45, 7) is 2.88. The van der Waals surface area contributed by atoms with Crippen LogP contribution in [0, 0.1) is 0 Å². The zero-order valence-corrected chi connectivity index (χ0v) is 12.7. The fraction of sp³-hybridized carbons (Fsp3) is 0.471. The van der Waals surface area contributed by atoms with Crippen LogP contribution in [0.1, 0.15) is 48.3 Å². The zero-order valence-electron chi connectivity index (χ0n) is 12.7. The maximum absolute atomic E-state index is 10.8. The molecule has 0 radical (unpaired) electrons. The van der Waals surface area contributed by atoms with E-state index in [1.807, 2.05) is 10.7 Å². The minimum atomic E-state index is -0.695. The van der Waals surface area contributed by atoms with Crippen molar-refractivity contribution in [3.8, 4) is 5.75 Å². The summed E-state index contributed by atoms with van der Waals surface area (Å²) in [5, 5.41) is 15.1. The molecule has 0 aliphatic heterocycles. The summed E-state index contributed by atoms with van der Waals surface area (Å²) < 4.78 is 7.21. The Morgan fingerprint density at radius 3 is 2.90 bits per heavy atom. The Bertz CT molecular complexity index is 634. The van der Waals surface area contributed by atoms with Gasteiger partial charge in [-0.05, 0) is 42.4 Å². The van der Waals surface area contributed by atoms with Gasteiger partial charge in [0.15, 0.2) is 5.75 Å². The molecule has 0 saturated carbocycles. The number of ether oxygens (including phenoxy) is 1. The van der Waals surface area contributed by atoms with Crippen molar-refractivity contribution in [1.82, 2.24) is 9.78 Å². The number of fused-ring (bicyclic) bond motifs is 1. The minimum absolute atomic E-state index is 0.649. The second kappa shape index (κ2) is 5.90. The summed E-state index contributed by atoms with van der Waals surface area (Å²) in [7, 11) is 1.62. The standard InChI is InChI=1S/C17H22N2O2/c1-3-9-19-16(15(21-2)11-18-19)17(20)14-8-7-12-5-4-6-13(12)10-14/h7-8,10-11,17,20H,3-6,9H2,1-2H3. The van der Waals surface area contributed by atoms with Crippen LogP contribution in [0.3, 0.4) is 0 Å². The molecule has 21 heavy (non-hydrogen) atoms. The van der Waals surface area contributed by atoms with Gasteiger partial charge in [-0.2, -0.15) is 5.10 Å². The van der Waals surface area contributed by atoms with Crippen LogP contribution >= 0.6 is 0 Å². The predicted molar refractivity (Wildman–Crippen MR) is 81.6 cm³/mol. The smallest absolute Gasteiger partial charge is 0.163 e. The van der Waals surface area contributed by atoms with Gasteiger partial charge < -0.3 is 9.84 Å². The van der Waals surface area contributed by atoms with Crippen LogP contribution < -0.4 is 4.74 Å². The van der Waals surface area contributed by atoms with Crippen LogP contribution in [-0.4, -0.2) is 22.0 Å². The predicted octanol–water partition coefficient (Wildman–Crippen LogP) is 2.87. The van der Waals surface area contributed by atoms with Gasteiger partial charge in [0, 0.05) is 6.54 Å². The molecular formula is C17H22N2O2. The summed E-state index contributed by atoms with van der Waals surface area (Å²) in [6.07, 6.45) is 5.44. The van der Waals surface area contributed by atoms with Crippen molar-refractivity contribution < 1.29 is 9.84 Å². The number of hydrogen-bond donors (Lipinski definition) is 1. The molecule has 1 aliphatic carbocycles. The Morgan fingerprint density at radius 1 is 1.33 bits per heavy atom. The third kappa shape index (κ3) is 2.56. The van der Waals surface area contributed by atoms with Gasteiger partial charge in [-0.15, -0.1) is 0 Å². The first-order valence-electron chi connectivity index (χ1n) is 7.64. The highest BCUT2D eigenvalue weighted by atomic mass is 16.5. The molecule has 2 aromatic rings. The van der Waals surface area contributed by atoms with Crippen molar-refractivity contribution in [2.45, 2.75) is 45.3 Å². The molecule has 1 aliphatic rings. The van der Waals surface area contributed by atoms with Gasteiger partial charge >= 0.3 is 0 Å². The number of hydrogen-bond acceptors (Lipinski definition) is 3. The lowest BCUT2D eigenvalue weighted by atomic mass is 10.0. The summed E-state index contributed by atoms with van der Waals surface area (Å²) in [6, 6.07) is 6.31. The van der Waals surface area contributed by atoms with Gasteiger partial charge in [-0.1, -0.05) is 25.1 Å². The van der Waals surface area contributed by atoms with Crippen LogP contribution in [0.25, 0.3) is 0 Å². The lowest BCUT2D eigenvalue weighted by Crippen LogP contribution is -2.11. The second-order valence-electron chi connectivity index (χ2n) is 5.61. The average Bonchev–Trinajstić information content (AvgIpc) is 3.12. The summed E-state index contributed by atoms with van der Waals surface area (Å²) in [5.74, 6) is 0.649. The number of aliphatic hydroxyl groups excluding tert-OH is 1. The molecule has 1 atom stereocenters. The fourth-order valence-corrected chi connectivity index (χ4v) is 3.12. The fourth-order valence-electron chi connectivity index (χ4n) is 3.12. The van der Waals surface area contributed by atoms with Crippen LogP contribution in [0.2, 0.25) is 0 Å². The lowest BCUT2D eigenvalue weighted by molar-refractivity contribution is 0.202. The van der Waals surface area contributed by atoms with E-state index in [0.29, 0.717) is 5.75 Å². The third-order valence-corrected chi connectivity index (χ3v) is 4.20. The summed E-state index contributed by atoms with van der Waals surface area (Å²) >= 11 is 0. The first-order valence-corrected chi connectivity index (χ1v) is 7.64. The molecule has 3 rings (SSSR count). The molecule has 1 aromatic carbocycles. The minimum Gasteiger partial charge on any atom is -0.493 e. The molecular weight excluding hydrogens is 264 g/mol. The first kappa shape index (κ1) is 14.1. The molecule has 1 N–H and O–H groups in total. The molecule has 4 nitrogen and oxygen atoms in total. The van der Waals surface area contributed by atoms with Crippen molar-refractivity contribution in [3.63, 3.8) is 0 Å². The van der Waals surface area contributed by atoms with Crippen molar-refractivity contribution in [3.05, 3.63) is 46.8 Å². The largest absolute Gasteiger partial charge is 0.493 e. The maximum Gasteiger partial charge on any atom is 0.163 e. The molecule has 0 amide bonds. The second-order valence-corrected chi connectivity index (χ2v) is 5.61. The monoisotopic (exact) mass is 286 g/mol. The van der Waals surface area contributed by atoms with E-state index >= 15 is 0 Å². The van der Waals surface area contributed by atoms with E-state index in [9.17, 15) is 5.11 Å². The SMILES string of the molecule is CCCn1ncc(OC)c1C(O)c1ccc2c(c1)CCC2. The molecule has 1 aromatic heterocycles. The number of rotatable bonds is 5. The highest BCUT2D eigenvalue weighted by Crippen LogP contribution is 2.32. The Kier molecular flexibility index (Phi) is 3.97. The number of aryl methyl sites for hydroxylation is 3. The van der Waals surface area contributed by atoms with Gasteiger partial charge in [0.2, 0.25) is 0 Å². The van der Waals surface area contributed by atoms with Gasteiger partial charge in [0.25, 0.3) is 0 Å². The van der Waals surface area contributed by atoms with E-state index in [0.717, 1.165) is 37.1 Å². The van der Waals surface area contributed by atoms with Gasteiger partial charge in [-0.25, -0.2) is 0 Å². The topological polar surface area (TPSA) is 47.3 Å². The number of aromatic nitrogens is 2. The van der Waals surface area contributed by atoms with E-state index in [4.69, 9.17) is 4.74 Å². The van der Waals surface area contributed by atoms with Crippen molar-refractivity contribution >= 4 is 0 Å². The lowest BCUT2D eigenvalue weighted by Gasteiger charge is -2.16. The highest BCUT2D eigenvalue weighted by molar-refractivity contribution is 5.40. The molecule has 4 heteroatoms. The maximum atomic E-state index is 10.8. The molecule has 112 valence electrons. The van der Waals surface area contributed by atoms with Crippen molar-refractivity contribution in [1.29, 1.82) is 0 Å². The molecule has 0 saturated heterocycles. The Labute approximate surface area is 125 Å². The van der Waals surface area contributed by atoms with Crippen LogP contribution in [0.4, 0.5) is 0 Å². The molecule has 0 fully saturated rings. The quantitative estimate of drug-likeness (QED) is 0.919. The Hall–Kier alpha value is -1.81. The van der Waals surface area contributed by atoms with E-state index in [2.05, 4.69) is 24.2 Å². The molecule has 0 spiro atoms.